The van der Waals surface area contributed by atoms with E-state index in [1.165, 1.54) is 24.1 Å². The Balaban J connectivity index is 2.34. The van der Waals surface area contributed by atoms with Gasteiger partial charge in [0, 0.05) is 0 Å². The number of hydrogen-bond acceptors (Lipinski definition) is 3. The van der Waals surface area contributed by atoms with Gasteiger partial charge in [-0.1, -0.05) is 6.07 Å². The summed E-state index contributed by atoms with van der Waals surface area (Å²) in [4.78, 5) is 16.1. The molecule has 2 aromatic rings. The molecule has 0 spiro atoms. The van der Waals surface area contributed by atoms with Crippen LogP contribution in [0.3, 0.4) is 0 Å². The van der Waals surface area contributed by atoms with Gasteiger partial charge in [-0.25, -0.2) is 9.37 Å². The summed E-state index contributed by atoms with van der Waals surface area (Å²) in [5.74, 6) is -0.254. The molecule has 1 heterocycles. The fourth-order valence-corrected chi connectivity index (χ4v) is 2.11. The summed E-state index contributed by atoms with van der Waals surface area (Å²) in [7, 11) is 1.41. The van der Waals surface area contributed by atoms with E-state index < -0.39 is 5.82 Å². The molecule has 4 nitrogen and oxygen atoms in total. The predicted molar refractivity (Wildman–Crippen MR) is 78.0 cm³/mol. The monoisotopic (exact) mass is 374 g/mol. The molecule has 0 radical (unpaired) electrons. The molecular formula is C13H12FIN2O2. The molecule has 0 aliphatic rings. The van der Waals surface area contributed by atoms with Crippen LogP contribution in [0.25, 0.3) is 0 Å². The zero-order chi connectivity index (χ0) is 14.0. The van der Waals surface area contributed by atoms with Crippen molar-refractivity contribution >= 4 is 22.6 Å². The highest BCUT2D eigenvalue weighted by atomic mass is 127. The molecule has 0 bridgehead atoms. The lowest BCUT2D eigenvalue weighted by molar-refractivity contribution is 0.386. The molecule has 1 aromatic carbocycles. The number of halogens is 2. The predicted octanol–water partition coefficient (Wildman–Crippen LogP) is 2.35. The summed E-state index contributed by atoms with van der Waals surface area (Å²) >= 11 is 1.97. The topological polar surface area (TPSA) is 44.1 Å². The summed E-state index contributed by atoms with van der Waals surface area (Å²) in [6, 6.07) is 4.63. The van der Waals surface area contributed by atoms with Gasteiger partial charge in [0.15, 0.2) is 11.6 Å². The van der Waals surface area contributed by atoms with E-state index in [2.05, 4.69) is 4.98 Å². The summed E-state index contributed by atoms with van der Waals surface area (Å²) in [6.45, 7) is 2.06. The van der Waals surface area contributed by atoms with Crippen molar-refractivity contribution < 1.29 is 9.13 Å². The van der Waals surface area contributed by atoms with Gasteiger partial charge in [-0.2, -0.15) is 0 Å². The fourth-order valence-electron chi connectivity index (χ4n) is 1.66. The Bertz CT molecular complexity index is 670. The van der Waals surface area contributed by atoms with E-state index in [0.29, 0.717) is 14.8 Å². The van der Waals surface area contributed by atoms with Gasteiger partial charge in [0.1, 0.15) is 0 Å². The lowest BCUT2D eigenvalue weighted by Gasteiger charge is -2.08. The van der Waals surface area contributed by atoms with Crippen LogP contribution < -0.4 is 10.3 Å². The van der Waals surface area contributed by atoms with Crippen molar-refractivity contribution in [2.75, 3.05) is 7.11 Å². The molecule has 6 heteroatoms. The maximum absolute atomic E-state index is 13.6. The third-order valence-corrected chi connectivity index (χ3v) is 3.97. The van der Waals surface area contributed by atoms with Crippen LogP contribution in [0.4, 0.5) is 4.39 Å². The van der Waals surface area contributed by atoms with Gasteiger partial charge in [-0.05, 0) is 47.2 Å². The van der Waals surface area contributed by atoms with E-state index in [4.69, 9.17) is 4.74 Å². The van der Waals surface area contributed by atoms with Gasteiger partial charge >= 0.3 is 0 Å². The van der Waals surface area contributed by atoms with Crippen LogP contribution in [0.2, 0.25) is 0 Å². The minimum absolute atomic E-state index is 0.121. The molecule has 0 saturated carbocycles. The maximum Gasteiger partial charge on any atom is 0.267 e. The summed E-state index contributed by atoms with van der Waals surface area (Å²) < 4.78 is 20.5. The third kappa shape index (κ3) is 2.94. The van der Waals surface area contributed by atoms with Crippen molar-refractivity contribution in [3.8, 4) is 5.75 Å². The average molecular weight is 374 g/mol. The molecule has 2 rings (SSSR count). The van der Waals surface area contributed by atoms with Gasteiger partial charge in [0.05, 0.1) is 29.2 Å². The molecule has 0 unspecified atom stereocenters. The highest BCUT2D eigenvalue weighted by Crippen LogP contribution is 2.18. The molecule has 0 aliphatic heterocycles. The molecule has 100 valence electrons. The first-order chi connectivity index (χ1) is 9.02. The second-order valence-corrected chi connectivity index (χ2v) is 5.12. The normalized spacial score (nSPS) is 10.5. The van der Waals surface area contributed by atoms with Crippen molar-refractivity contribution in [1.29, 1.82) is 0 Å². The number of ether oxygens (including phenoxy) is 1. The van der Waals surface area contributed by atoms with Crippen molar-refractivity contribution in [2.45, 2.75) is 13.5 Å². The van der Waals surface area contributed by atoms with Crippen LogP contribution in [-0.2, 0) is 6.54 Å². The van der Waals surface area contributed by atoms with Gasteiger partial charge in [0.25, 0.3) is 5.56 Å². The highest BCUT2D eigenvalue weighted by Gasteiger charge is 2.08. The number of rotatable bonds is 3. The van der Waals surface area contributed by atoms with E-state index in [0.717, 1.165) is 0 Å². The molecule has 0 fully saturated rings. The molecule has 0 aliphatic carbocycles. The summed E-state index contributed by atoms with van der Waals surface area (Å²) in [5, 5.41) is 0. The van der Waals surface area contributed by atoms with E-state index in [-0.39, 0.29) is 17.9 Å². The summed E-state index contributed by atoms with van der Waals surface area (Å²) in [6.07, 6.45) is 1.47. The average Bonchev–Trinajstić information content (AvgIpc) is 2.40. The highest BCUT2D eigenvalue weighted by molar-refractivity contribution is 14.1. The van der Waals surface area contributed by atoms with E-state index in [9.17, 15) is 9.18 Å². The van der Waals surface area contributed by atoms with Crippen LogP contribution in [-0.4, -0.2) is 16.7 Å². The zero-order valence-corrected chi connectivity index (χ0v) is 12.6. The molecule has 0 saturated heterocycles. The molecule has 19 heavy (non-hydrogen) atoms. The Morgan fingerprint density at radius 2 is 2.21 bits per heavy atom. The Morgan fingerprint density at radius 1 is 1.47 bits per heavy atom. The van der Waals surface area contributed by atoms with Crippen LogP contribution in [0.15, 0.2) is 29.3 Å². The van der Waals surface area contributed by atoms with Gasteiger partial charge < -0.3 is 4.74 Å². The number of aryl methyl sites for hydroxylation is 1. The van der Waals surface area contributed by atoms with Crippen molar-refractivity contribution in [3.05, 3.63) is 55.5 Å². The minimum Gasteiger partial charge on any atom is -0.494 e. The second kappa shape index (κ2) is 5.68. The van der Waals surface area contributed by atoms with Gasteiger partial charge in [-0.3, -0.25) is 9.36 Å². The van der Waals surface area contributed by atoms with Crippen LogP contribution in [0.1, 0.15) is 11.3 Å². The lowest BCUT2D eigenvalue weighted by atomic mass is 10.2. The Labute approximate surface area is 123 Å². The minimum atomic E-state index is -0.442. The Morgan fingerprint density at radius 3 is 2.84 bits per heavy atom. The number of aromatic nitrogens is 2. The first-order valence-corrected chi connectivity index (χ1v) is 6.64. The number of hydrogen-bond donors (Lipinski definition) is 0. The maximum atomic E-state index is 13.6. The Hall–Kier alpha value is -1.44. The second-order valence-electron chi connectivity index (χ2n) is 4.05. The number of nitrogens with zero attached hydrogens (tertiary/aromatic N) is 2. The number of methoxy groups -OCH3 is 1. The summed E-state index contributed by atoms with van der Waals surface area (Å²) in [5.41, 5.74) is 1.26. The molecule has 0 atom stereocenters. The van der Waals surface area contributed by atoms with E-state index >= 15 is 0 Å². The van der Waals surface area contributed by atoms with E-state index in [1.54, 1.807) is 19.1 Å². The number of benzene rings is 1. The molecular weight excluding hydrogens is 362 g/mol. The van der Waals surface area contributed by atoms with E-state index in [1.807, 2.05) is 22.6 Å². The Kier molecular flexibility index (Phi) is 4.18. The standard InChI is InChI=1S/C13H12FIN2O2/c1-8-12(15)13(18)17(7-16-8)6-9-3-4-11(19-2)10(14)5-9/h3-5,7H,6H2,1-2H3. The fraction of sp³-hybridized carbons (Fsp3) is 0.231. The first-order valence-electron chi connectivity index (χ1n) is 5.57. The van der Waals surface area contributed by atoms with Crippen molar-refractivity contribution in [3.63, 3.8) is 0 Å². The zero-order valence-electron chi connectivity index (χ0n) is 10.5. The van der Waals surface area contributed by atoms with Crippen LogP contribution in [0.5, 0.6) is 5.75 Å². The smallest absolute Gasteiger partial charge is 0.267 e. The largest absolute Gasteiger partial charge is 0.494 e. The molecule has 1 aromatic heterocycles. The van der Waals surface area contributed by atoms with Crippen molar-refractivity contribution in [2.24, 2.45) is 0 Å². The molecule has 0 N–H and O–H groups in total. The SMILES string of the molecule is COc1ccc(Cn2cnc(C)c(I)c2=O)cc1F. The van der Waals surface area contributed by atoms with Crippen LogP contribution in [0, 0.1) is 16.3 Å². The quantitative estimate of drug-likeness (QED) is 0.775. The van der Waals surface area contributed by atoms with Crippen molar-refractivity contribution in [1.82, 2.24) is 9.55 Å². The van der Waals surface area contributed by atoms with Gasteiger partial charge in [0.2, 0.25) is 0 Å². The molecule has 0 amide bonds. The lowest BCUT2D eigenvalue weighted by Crippen LogP contribution is -2.24. The van der Waals surface area contributed by atoms with Gasteiger partial charge in [-0.15, -0.1) is 0 Å². The van der Waals surface area contributed by atoms with Crippen LogP contribution >= 0.6 is 22.6 Å². The first kappa shape index (κ1) is 14.0. The third-order valence-electron chi connectivity index (χ3n) is 2.73.